The first-order valence-corrected chi connectivity index (χ1v) is 22.5. The lowest BCUT2D eigenvalue weighted by molar-refractivity contribution is -0.870. The van der Waals surface area contributed by atoms with Crippen molar-refractivity contribution >= 4 is 17.9 Å². The Morgan fingerprint density at radius 1 is 0.545 bits per heavy atom. The Hall–Kier alpha value is -2.23. The van der Waals surface area contributed by atoms with E-state index in [4.69, 9.17) is 18.9 Å². The van der Waals surface area contributed by atoms with Crippen molar-refractivity contribution in [3.8, 4) is 0 Å². The summed E-state index contributed by atoms with van der Waals surface area (Å²) in [5, 5.41) is 9.63. The first kappa shape index (κ1) is 52.8. The maximum absolute atomic E-state index is 12.7. The van der Waals surface area contributed by atoms with Crippen molar-refractivity contribution in [1.29, 1.82) is 0 Å². The summed E-state index contributed by atoms with van der Waals surface area (Å²) in [7, 11) is 5.95. The number of unbranched alkanes of at least 4 members (excludes halogenated alkanes) is 22. The molecule has 0 saturated carbocycles. The highest BCUT2D eigenvalue weighted by atomic mass is 16.7. The maximum Gasteiger partial charge on any atom is 0.361 e. The Morgan fingerprint density at radius 2 is 0.982 bits per heavy atom. The first-order valence-electron chi connectivity index (χ1n) is 22.5. The summed E-state index contributed by atoms with van der Waals surface area (Å²) in [4.78, 5) is 37.1. The number of nitrogens with zero attached hydrogens (tertiary/aromatic N) is 1. The predicted octanol–water partition coefficient (Wildman–Crippen LogP) is 11.7. The number of likely N-dealkylation sites (N-methyl/N-ethyl adjacent to an activating group) is 1. The third-order valence-electron chi connectivity index (χ3n) is 9.71. The van der Waals surface area contributed by atoms with Crippen molar-refractivity contribution < 1.29 is 42.9 Å². The quantitative estimate of drug-likeness (QED) is 0.0215. The number of aliphatic carboxylic acids is 1. The van der Waals surface area contributed by atoms with Crippen LogP contribution in [0.2, 0.25) is 0 Å². The van der Waals surface area contributed by atoms with Gasteiger partial charge < -0.3 is 28.5 Å². The van der Waals surface area contributed by atoms with E-state index >= 15 is 0 Å². The minimum atomic E-state index is -1.51. The molecule has 0 saturated heterocycles. The Bertz CT molecular complexity index is 960. The number of hydrogen-bond donors (Lipinski definition) is 1. The fraction of sp³-hybridized carbons (Fsp3) is 0.848. The first-order chi connectivity index (χ1) is 26.6. The van der Waals surface area contributed by atoms with Crippen LogP contribution >= 0.6 is 0 Å². The molecule has 9 heteroatoms. The molecular formula is C46H86NO8+. The number of carboxylic acid groups (broad SMARTS) is 1. The Labute approximate surface area is 337 Å². The van der Waals surface area contributed by atoms with E-state index in [1.54, 1.807) is 0 Å². The van der Waals surface area contributed by atoms with Crippen LogP contribution in [0.4, 0.5) is 0 Å². The molecule has 55 heavy (non-hydrogen) atoms. The summed E-state index contributed by atoms with van der Waals surface area (Å²) in [5.74, 6) is -2.02. The highest BCUT2D eigenvalue weighted by molar-refractivity contribution is 5.71. The number of esters is 2. The molecule has 0 bridgehead atoms. The number of allylic oxidation sites excluding steroid dienone is 4. The molecule has 0 aromatic heterocycles. The van der Waals surface area contributed by atoms with Crippen LogP contribution in [0.1, 0.15) is 194 Å². The van der Waals surface area contributed by atoms with Gasteiger partial charge in [-0.2, -0.15) is 0 Å². The van der Waals surface area contributed by atoms with Gasteiger partial charge in [-0.1, -0.05) is 160 Å². The average Bonchev–Trinajstić information content (AvgIpc) is 3.14. The molecule has 2 atom stereocenters. The molecular weight excluding hydrogens is 695 g/mol. The van der Waals surface area contributed by atoms with Gasteiger partial charge >= 0.3 is 17.9 Å². The average molecular weight is 781 g/mol. The van der Waals surface area contributed by atoms with Crippen molar-refractivity contribution in [2.45, 2.75) is 206 Å². The largest absolute Gasteiger partial charge is 0.477 e. The fourth-order valence-corrected chi connectivity index (χ4v) is 6.16. The van der Waals surface area contributed by atoms with Crippen LogP contribution in [0, 0.1) is 0 Å². The minimum absolute atomic E-state index is 0.184. The molecule has 0 aliphatic rings. The Kier molecular flexibility index (Phi) is 37.1. The van der Waals surface area contributed by atoms with E-state index in [-0.39, 0.29) is 32.2 Å². The van der Waals surface area contributed by atoms with Gasteiger partial charge in [0.25, 0.3) is 6.29 Å². The second kappa shape index (κ2) is 38.6. The van der Waals surface area contributed by atoms with Crippen molar-refractivity contribution in [1.82, 2.24) is 0 Å². The fourth-order valence-electron chi connectivity index (χ4n) is 6.16. The third kappa shape index (κ3) is 39.8. The molecule has 0 radical (unpaired) electrons. The molecule has 0 spiro atoms. The zero-order valence-electron chi connectivity index (χ0n) is 36.3. The van der Waals surface area contributed by atoms with Gasteiger partial charge in [0, 0.05) is 12.8 Å². The third-order valence-corrected chi connectivity index (χ3v) is 9.71. The molecule has 0 fully saturated rings. The van der Waals surface area contributed by atoms with Gasteiger partial charge in [-0.05, 0) is 44.9 Å². The Morgan fingerprint density at radius 3 is 1.45 bits per heavy atom. The lowest BCUT2D eigenvalue weighted by Gasteiger charge is -2.25. The number of carbonyl (C=O) groups is 3. The summed E-state index contributed by atoms with van der Waals surface area (Å²) < 4.78 is 22.7. The molecule has 0 aromatic rings. The highest BCUT2D eigenvalue weighted by Gasteiger charge is 2.25. The van der Waals surface area contributed by atoms with E-state index in [1.807, 2.05) is 21.1 Å². The van der Waals surface area contributed by atoms with Crippen LogP contribution in [0.15, 0.2) is 24.3 Å². The molecule has 0 rings (SSSR count). The van der Waals surface area contributed by atoms with Crippen LogP contribution in [0.5, 0.6) is 0 Å². The van der Waals surface area contributed by atoms with Crippen molar-refractivity contribution in [3.63, 3.8) is 0 Å². The number of hydrogen-bond acceptors (Lipinski definition) is 7. The predicted molar refractivity (Wildman–Crippen MR) is 226 cm³/mol. The smallest absolute Gasteiger partial charge is 0.361 e. The normalized spacial score (nSPS) is 13.1. The van der Waals surface area contributed by atoms with E-state index in [9.17, 15) is 19.5 Å². The van der Waals surface area contributed by atoms with Gasteiger partial charge in [-0.3, -0.25) is 9.59 Å². The van der Waals surface area contributed by atoms with E-state index in [0.717, 1.165) is 57.8 Å². The van der Waals surface area contributed by atoms with Gasteiger partial charge in [-0.15, -0.1) is 0 Å². The summed E-state index contributed by atoms with van der Waals surface area (Å²) in [6.07, 6.45) is 38.0. The number of carbonyl (C=O) groups excluding carboxylic acids is 2. The molecule has 9 nitrogen and oxygen atoms in total. The van der Waals surface area contributed by atoms with E-state index in [2.05, 4.69) is 38.2 Å². The van der Waals surface area contributed by atoms with Gasteiger partial charge in [0.2, 0.25) is 0 Å². The Balaban J connectivity index is 4.46. The number of rotatable bonds is 41. The van der Waals surface area contributed by atoms with E-state index in [1.165, 1.54) is 103 Å². The molecule has 0 aliphatic carbocycles. The van der Waals surface area contributed by atoms with Crippen LogP contribution in [-0.2, 0) is 33.3 Å². The molecule has 1 N–H and O–H groups in total. The van der Waals surface area contributed by atoms with Crippen LogP contribution in [0.25, 0.3) is 0 Å². The standard InChI is InChI=1S/C46H85NO8/c1-6-8-10-12-14-16-18-20-22-23-25-27-29-31-33-35-37-44(49)55-42(41-54-46(45(50)51)52-39-38-47(3,4)5)40-53-43(48)36-34-32-30-28-26-24-21-19-17-15-13-11-9-7-2/h16,18,22-23,42,46H,6-15,17,19-21,24-41H2,1-5H3/p+1/b18-16-,23-22-. The highest BCUT2D eigenvalue weighted by Crippen LogP contribution is 2.15. The lowest BCUT2D eigenvalue weighted by atomic mass is 10.0. The second-order valence-corrected chi connectivity index (χ2v) is 16.4. The molecule has 0 heterocycles. The van der Waals surface area contributed by atoms with E-state index in [0.29, 0.717) is 23.9 Å². The number of carboxylic acids is 1. The summed E-state index contributed by atoms with van der Waals surface area (Å²) in [5.41, 5.74) is 0. The second-order valence-electron chi connectivity index (χ2n) is 16.4. The summed E-state index contributed by atoms with van der Waals surface area (Å²) in [6.45, 7) is 4.84. The van der Waals surface area contributed by atoms with Crippen LogP contribution in [-0.4, -0.2) is 87.4 Å². The SMILES string of the molecule is CCCCCC/C=C\C/C=C\CCCCCCCC(=O)OC(COC(=O)CCCCCCCCCCCCCCCC)COC(OCC[N+](C)(C)C)C(=O)O. The van der Waals surface area contributed by atoms with Crippen molar-refractivity contribution in [2.75, 3.05) is 47.5 Å². The van der Waals surface area contributed by atoms with Gasteiger partial charge in [0.15, 0.2) is 6.10 Å². The maximum atomic E-state index is 12.7. The zero-order chi connectivity index (χ0) is 40.7. The molecule has 0 aromatic carbocycles. The molecule has 2 unspecified atom stereocenters. The monoisotopic (exact) mass is 781 g/mol. The topological polar surface area (TPSA) is 108 Å². The van der Waals surface area contributed by atoms with Gasteiger partial charge in [-0.25, -0.2) is 4.79 Å². The van der Waals surface area contributed by atoms with Gasteiger partial charge in [0.1, 0.15) is 13.2 Å². The molecule has 0 aliphatic heterocycles. The van der Waals surface area contributed by atoms with E-state index < -0.39 is 24.3 Å². The number of ether oxygens (including phenoxy) is 4. The van der Waals surface area contributed by atoms with Crippen LogP contribution < -0.4 is 0 Å². The summed E-state index contributed by atoms with van der Waals surface area (Å²) in [6, 6.07) is 0. The van der Waals surface area contributed by atoms with Gasteiger partial charge in [0.05, 0.1) is 34.4 Å². The molecule has 0 amide bonds. The lowest BCUT2D eigenvalue weighted by Crippen LogP contribution is -2.40. The summed E-state index contributed by atoms with van der Waals surface area (Å²) >= 11 is 0. The van der Waals surface area contributed by atoms with Crippen LogP contribution in [0.3, 0.4) is 0 Å². The minimum Gasteiger partial charge on any atom is -0.477 e. The van der Waals surface area contributed by atoms with Crippen molar-refractivity contribution in [3.05, 3.63) is 24.3 Å². The van der Waals surface area contributed by atoms with Crippen molar-refractivity contribution in [2.24, 2.45) is 0 Å². The number of quaternary nitrogens is 1. The zero-order valence-corrected chi connectivity index (χ0v) is 36.3. The molecule has 322 valence electrons.